The van der Waals surface area contributed by atoms with Crippen LogP contribution < -0.4 is 5.73 Å². The van der Waals surface area contributed by atoms with Crippen molar-refractivity contribution in [1.82, 2.24) is 23.9 Å². The van der Waals surface area contributed by atoms with E-state index in [0.717, 1.165) is 36.2 Å². The molecule has 3 aromatic heterocycles. The van der Waals surface area contributed by atoms with Crippen molar-refractivity contribution in [2.24, 2.45) is 0 Å². The van der Waals surface area contributed by atoms with Gasteiger partial charge in [0, 0.05) is 24.9 Å². The third-order valence-corrected chi connectivity index (χ3v) is 6.33. The topological polar surface area (TPSA) is 110 Å². The number of nitrogens with zero attached hydrogens (tertiary/aromatic N) is 5. The van der Waals surface area contributed by atoms with Crippen LogP contribution in [0.3, 0.4) is 0 Å². The predicted octanol–water partition coefficient (Wildman–Crippen LogP) is 2.73. The molecule has 3 aromatic rings. The summed E-state index contributed by atoms with van der Waals surface area (Å²) in [5, 5.41) is 14.5. The van der Waals surface area contributed by atoms with Gasteiger partial charge in [0.1, 0.15) is 0 Å². The van der Waals surface area contributed by atoms with E-state index in [1.165, 1.54) is 6.20 Å². The molecule has 1 fully saturated rings. The number of halogens is 2. The van der Waals surface area contributed by atoms with Crippen LogP contribution in [0.5, 0.6) is 0 Å². The number of piperidine rings is 1. The van der Waals surface area contributed by atoms with Crippen LogP contribution in [-0.4, -0.2) is 58.7 Å². The second-order valence-corrected chi connectivity index (χ2v) is 8.83. The lowest BCUT2D eigenvalue weighted by Crippen LogP contribution is -2.38. The number of hydrogen-bond donors (Lipinski definition) is 2. The van der Waals surface area contributed by atoms with Gasteiger partial charge in [-0.1, -0.05) is 23.2 Å². The minimum Gasteiger partial charge on any atom is -0.392 e. The van der Waals surface area contributed by atoms with Crippen LogP contribution in [0.2, 0.25) is 10.0 Å². The number of rotatable bonds is 2. The van der Waals surface area contributed by atoms with Gasteiger partial charge in [-0.25, -0.2) is 23.0 Å². The van der Waals surface area contributed by atoms with Crippen molar-refractivity contribution in [1.29, 1.82) is 0 Å². The summed E-state index contributed by atoms with van der Waals surface area (Å²) < 4.78 is 14.4. The highest BCUT2D eigenvalue weighted by Gasteiger charge is 2.19. The summed E-state index contributed by atoms with van der Waals surface area (Å²) in [4.78, 5) is 8.01. The first kappa shape index (κ1) is 21.9. The van der Waals surface area contributed by atoms with Crippen LogP contribution in [0.15, 0.2) is 24.5 Å². The van der Waals surface area contributed by atoms with Crippen molar-refractivity contribution < 1.29 is 9.32 Å². The Labute approximate surface area is 181 Å². The molecule has 0 amide bonds. The summed E-state index contributed by atoms with van der Waals surface area (Å²) in [7, 11) is -0.899. The quantitative estimate of drug-likeness (QED) is 0.613. The third-order valence-electron chi connectivity index (χ3n) is 4.60. The maximum Gasteiger partial charge on any atom is 0.220 e. The Kier molecular flexibility index (Phi) is 7.07. The SMILES string of the molecule is CS(=O)N1CCCC(O)C1.Cc1c(Cl)ccc2c(-c3nc(N)ncc3Cl)cnn12. The lowest BCUT2D eigenvalue weighted by molar-refractivity contribution is 0.110. The average molecular weight is 457 g/mol. The molecule has 156 valence electrons. The predicted molar refractivity (Wildman–Crippen MR) is 116 cm³/mol. The molecule has 29 heavy (non-hydrogen) atoms. The molecule has 4 rings (SSSR count). The minimum atomic E-state index is -0.899. The van der Waals surface area contributed by atoms with E-state index in [4.69, 9.17) is 34.0 Å². The molecule has 1 saturated heterocycles. The number of anilines is 1. The number of aliphatic hydroxyl groups is 1. The second-order valence-electron chi connectivity index (χ2n) is 6.65. The Morgan fingerprint density at radius 2 is 2.03 bits per heavy atom. The molecule has 0 bridgehead atoms. The number of hydrogen-bond acceptors (Lipinski definition) is 6. The van der Waals surface area contributed by atoms with Crippen LogP contribution in [0.4, 0.5) is 5.95 Å². The Morgan fingerprint density at radius 3 is 2.69 bits per heavy atom. The molecule has 2 atom stereocenters. The van der Waals surface area contributed by atoms with Gasteiger partial charge in [-0.15, -0.1) is 0 Å². The summed E-state index contributed by atoms with van der Waals surface area (Å²) in [6.45, 7) is 3.32. The fourth-order valence-electron chi connectivity index (χ4n) is 3.07. The third kappa shape index (κ3) is 5.04. The van der Waals surface area contributed by atoms with Gasteiger partial charge < -0.3 is 10.8 Å². The zero-order valence-corrected chi connectivity index (χ0v) is 18.4. The smallest absolute Gasteiger partial charge is 0.220 e. The first-order valence-electron chi connectivity index (χ1n) is 8.95. The number of aromatic nitrogens is 4. The summed E-state index contributed by atoms with van der Waals surface area (Å²) in [5.74, 6) is 0.171. The fraction of sp³-hybridized carbons (Fsp3) is 0.389. The van der Waals surface area contributed by atoms with Crippen LogP contribution in [0.1, 0.15) is 18.5 Å². The lowest BCUT2D eigenvalue weighted by Gasteiger charge is -2.27. The molecule has 8 nitrogen and oxygen atoms in total. The van der Waals surface area contributed by atoms with Crippen molar-refractivity contribution in [2.75, 3.05) is 25.1 Å². The van der Waals surface area contributed by atoms with E-state index in [9.17, 15) is 4.21 Å². The molecule has 0 aromatic carbocycles. The molecule has 0 aliphatic carbocycles. The molecule has 1 aliphatic heterocycles. The maximum atomic E-state index is 10.9. The van der Waals surface area contributed by atoms with Gasteiger partial charge in [-0.05, 0) is 31.9 Å². The van der Waals surface area contributed by atoms with E-state index in [0.29, 0.717) is 22.3 Å². The monoisotopic (exact) mass is 456 g/mol. The maximum absolute atomic E-state index is 10.9. The summed E-state index contributed by atoms with van der Waals surface area (Å²) in [6, 6.07) is 3.68. The number of fused-ring (bicyclic) bond motifs is 1. The fourth-order valence-corrected chi connectivity index (χ4v) is 4.17. The van der Waals surface area contributed by atoms with E-state index < -0.39 is 11.0 Å². The normalized spacial score (nSPS) is 18.3. The molecular weight excluding hydrogens is 435 g/mol. The lowest BCUT2D eigenvalue weighted by atomic mass is 10.1. The summed E-state index contributed by atoms with van der Waals surface area (Å²) in [5.41, 5.74) is 8.67. The van der Waals surface area contributed by atoms with Crippen molar-refractivity contribution in [3.05, 3.63) is 40.3 Å². The van der Waals surface area contributed by atoms with Crippen LogP contribution in [-0.2, 0) is 11.0 Å². The first-order valence-corrected chi connectivity index (χ1v) is 11.2. The van der Waals surface area contributed by atoms with Gasteiger partial charge in [0.25, 0.3) is 0 Å². The van der Waals surface area contributed by atoms with Crippen LogP contribution >= 0.6 is 23.2 Å². The molecule has 0 saturated carbocycles. The first-order chi connectivity index (χ1) is 13.8. The van der Waals surface area contributed by atoms with Gasteiger partial charge >= 0.3 is 0 Å². The minimum absolute atomic E-state index is 0.171. The van der Waals surface area contributed by atoms with E-state index in [1.54, 1.807) is 21.3 Å². The number of nitrogens with two attached hydrogens (primary N) is 1. The number of aliphatic hydroxyl groups excluding tert-OH is 1. The Bertz CT molecular complexity index is 1040. The highest BCUT2D eigenvalue weighted by Crippen LogP contribution is 2.30. The zero-order valence-electron chi connectivity index (χ0n) is 16.0. The van der Waals surface area contributed by atoms with Crippen LogP contribution in [0, 0.1) is 6.92 Å². The zero-order chi connectivity index (χ0) is 21.1. The molecule has 11 heteroatoms. The molecule has 4 heterocycles. The molecule has 0 radical (unpaired) electrons. The van der Waals surface area contributed by atoms with Crippen molar-refractivity contribution in [2.45, 2.75) is 25.9 Å². The van der Waals surface area contributed by atoms with E-state index in [-0.39, 0.29) is 12.1 Å². The number of pyridine rings is 1. The van der Waals surface area contributed by atoms with E-state index in [2.05, 4.69) is 15.1 Å². The van der Waals surface area contributed by atoms with E-state index in [1.807, 2.05) is 19.1 Å². The highest BCUT2D eigenvalue weighted by molar-refractivity contribution is 7.81. The van der Waals surface area contributed by atoms with Crippen LogP contribution in [0.25, 0.3) is 16.8 Å². The van der Waals surface area contributed by atoms with Gasteiger partial charge in [-0.2, -0.15) is 5.10 Å². The molecule has 1 aliphatic rings. The standard InChI is InChI=1S/C12H9Cl2N5.C6H13NO2S/c1-6-8(13)2-3-10-7(4-17-19(6)10)11-9(14)5-16-12(15)18-11;1-10(9)7-4-2-3-6(8)5-7/h2-5H,1H3,(H2,15,16,18);6,8H,2-5H2,1H3. The summed E-state index contributed by atoms with van der Waals surface area (Å²) >= 11 is 12.2. The number of β-amino-alcohol motifs (C(OH)–C–C–N with tert-alkyl or cyclic N) is 1. The van der Waals surface area contributed by atoms with Gasteiger partial charge in [0.15, 0.2) is 0 Å². The highest BCUT2D eigenvalue weighted by atomic mass is 35.5. The molecule has 3 N–H and O–H groups in total. The number of aryl methyl sites for hydroxylation is 1. The van der Waals surface area contributed by atoms with Crippen molar-refractivity contribution >= 4 is 45.7 Å². The van der Waals surface area contributed by atoms with Gasteiger partial charge in [0.05, 0.1) is 56.4 Å². The second kappa shape index (κ2) is 9.36. The van der Waals surface area contributed by atoms with Gasteiger partial charge in [-0.3, -0.25) is 0 Å². The summed E-state index contributed by atoms with van der Waals surface area (Å²) in [6.07, 6.45) is 6.36. The van der Waals surface area contributed by atoms with Crippen molar-refractivity contribution in [3.63, 3.8) is 0 Å². The number of nitrogen functional groups attached to an aromatic ring is 1. The van der Waals surface area contributed by atoms with E-state index >= 15 is 0 Å². The Balaban J connectivity index is 0.000000204. The Morgan fingerprint density at radius 1 is 1.28 bits per heavy atom. The average Bonchev–Trinajstić information content (AvgIpc) is 3.12. The van der Waals surface area contributed by atoms with Gasteiger partial charge in [0.2, 0.25) is 5.95 Å². The van der Waals surface area contributed by atoms with Crippen molar-refractivity contribution in [3.8, 4) is 11.3 Å². The largest absolute Gasteiger partial charge is 0.392 e. The molecule has 0 spiro atoms. The Hall–Kier alpha value is -1.78. The molecular formula is C18H22Cl2N6O2S. The molecule has 2 unspecified atom stereocenters.